The van der Waals surface area contributed by atoms with Crippen LogP contribution < -0.4 is 9.62 Å². The van der Waals surface area contributed by atoms with Crippen molar-refractivity contribution in [2.45, 2.75) is 26.0 Å². The molecule has 5 heteroatoms. The van der Waals surface area contributed by atoms with Gasteiger partial charge in [0.05, 0.1) is 5.75 Å². The van der Waals surface area contributed by atoms with Crippen LogP contribution in [0.5, 0.6) is 0 Å². The molecule has 1 heterocycles. The van der Waals surface area contributed by atoms with Crippen LogP contribution in [0.3, 0.4) is 0 Å². The Balaban J connectivity index is 1.51. The third kappa shape index (κ3) is 5.06. The molecule has 1 N–H and O–H groups in total. The van der Waals surface area contributed by atoms with Gasteiger partial charge >= 0.3 is 0 Å². The van der Waals surface area contributed by atoms with Crippen molar-refractivity contribution in [1.82, 2.24) is 4.72 Å². The fourth-order valence-electron chi connectivity index (χ4n) is 3.19. The van der Waals surface area contributed by atoms with Crippen molar-refractivity contribution < 1.29 is 8.42 Å². The summed E-state index contributed by atoms with van der Waals surface area (Å²) in [6.45, 7) is 6.47. The van der Waals surface area contributed by atoms with E-state index in [0.717, 1.165) is 30.6 Å². The Labute approximate surface area is 150 Å². The summed E-state index contributed by atoms with van der Waals surface area (Å²) in [5.74, 6) is 0.399. The van der Waals surface area contributed by atoms with Gasteiger partial charge in [-0.05, 0) is 43.9 Å². The first-order valence-electron chi connectivity index (χ1n) is 8.76. The molecule has 0 radical (unpaired) electrons. The molecule has 4 nitrogen and oxygen atoms in total. The van der Waals surface area contributed by atoms with Gasteiger partial charge in [0.1, 0.15) is 0 Å². The van der Waals surface area contributed by atoms with Crippen LogP contribution in [0.1, 0.15) is 23.1 Å². The van der Waals surface area contributed by atoms with Gasteiger partial charge in [0.2, 0.25) is 10.0 Å². The van der Waals surface area contributed by atoms with E-state index in [9.17, 15) is 8.42 Å². The molecule has 0 spiro atoms. The predicted molar refractivity (Wildman–Crippen MR) is 103 cm³/mol. The third-order valence-electron chi connectivity index (χ3n) is 4.75. The van der Waals surface area contributed by atoms with Crippen LogP contribution in [-0.4, -0.2) is 28.1 Å². The highest BCUT2D eigenvalue weighted by atomic mass is 32.2. The van der Waals surface area contributed by atoms with Crippen LogP contribution in [0.4, 0.5) is 5.69 Å². The minimum atomic E-state index is -3.29. The van der Waals surface area contributed by atoms with Crippen LogP contribution in [0, 0.1) is 19.8 Å². The Morgan fingerprint density at radius 2 is 1.60 bits per heavy atom. The van der Waals surface area contributed by atoms with E-state index in [4.69, 9.17) is 0 Å². The summed E-state index contributed by atoms with van der Waals surface area (Å²) in [7, 11) is -3.29. The van der Waals surface area contributed by atoms with Crippen molar-refractivity contribution in [3.05, 3.63) is 65.2 Å². The third-order valence-corrected chi connectivity index (χ3v) is 6.07. The topological polar surface area (TPSA) is 49.4 Å². The fraction of sp³-hybridized carbons (Fsp3) is 0.400. The lowest BCUT2D eigenvalue weighted by atomic mass is 10.1. The summed E-state index contributed by atoms with van der Waals surface area (Å²) < 4.78 is 27.4. The number of hydrogen-bond acceptors (Lipinski definition) is 3. The normalized spacial score (nSPS) is 17.8. The van der Waals surface area contributed by atoms with Crippen molar-refractivity contribution >= 4 is 15.7 Å². The molecule has 134 valence electrons. The van der Waals surface area contributed by atoms with E-state index in [2.05, 4.69) is 40.8 Å². The minimum absolute atomic E-state index is 0.0433. The first kappa shape index (κ1) is 18.0. The van der Waals surface area contributed by atoms with Gasteiger partial charge < -0.3 is 4.90 Å². The van der Waals surface area contributed by atoms with Gasteiger partial charge in [-0.1, -0.05) is 47.5 Å². The lowest BCUT2D eigenvalue weighted by Gasteiger charge is -2.19. The molecule has 0 bridgehead atoms. The van der Waals surface area contributed by atoms with Crippen molar-refractivity contribution in [3.63, 3.8) is 0 Å². The van der Waals surface area contributed by atoms with E-state index >= 15 is 0 Å². The van der Waals surface area contributed by atoms with Crippen molar-refractivity contribution in [3.8, 4) is 0 Å². The molecule has 1 fully saturated rings. The minimum Gasteiger partial charge on any atom is -0.371 e. The summed E-state index contributed by atoms with van der Waals surface area (Å²) >= 11 is 0. The quantitative estimate of drug-likeness (QED) is 0.862. The molecule has 2 aromatic rings. The highest BCUT2D eigenvalue weighted by Crippen LogP contribution is 2.24. The number of nitrogens with one attached hydrogen (secondary N) is 1. The van der Waals surface area contributed by atoms with Gasteiger partial charge in [-0.25, -0.2) is 13.1 Å². The Hall–Kier alpha value is -1.85. The molecule has 25 heavy (non-hydrogen) atoms. The van der Waals surface area contributed by atoms with Gasteiger partial charge in [-0.15, -0.1) is 0 Å². The Morgan fingerprint density at radius 3 is 2.24 bits per heavy atom. The zero-order valence-corrected chi connectivity index (χ0v) is 15.7. The summed E-state index contributed by atoms with van der Waals surface area (Å²) in [5.41, 5.74) is 4.43. The smallest absolute Gasteiger partial charge is 0.215 e. The van der Waals surface area contributed by atoms with E-state index in [0.29, 0.717) is 12.5 Å². The molecular weight excluding hydrogens is 332 g/mol. The highest BCUT2D eigenvalue weighted by Gasteiger charge is 2.24. The standard InChI is InChI=1S/C20H26N2O2S/c1-16-3-7-18(8-4-16)15-25(23,24)21-13-19-11-12-22(14-19)20-9-5-17(2)6-10-20/h3-10,19,21H,11-15H2,1-2H3. The molecule has 0 saturated carbocycles. The molecule has 1 saturated heterocycles. The number of aryl methyl sites for hydroxylation is 2. The van der Waals surface area contributed by atoms with Gasteiger partial charge in [0, 0.05) is 25.3 Å². The lowest BCUT2D eigenvalue weighted by molar-refractivity contribution is 0.541. The van der Waals surface area contributed by atoms with E-state index < -0.39 is 10.0 Å². The van der Waals surface area contributed by atoms with Gasteiger partial charge in [0.25, 0.3) is 0 Å². The van der Waals surface area contributed by atoms with Crippen molar-refractivity contribution in [2.24, 2.45) is 5.92 Å². The number of nitrogens with zero attached hydrogens (tertiary/aromatic N) is 1. The first-order chi connectivity index (χ1) is 11.9. The largest absolute Gasteiger partial charge is 0.371 e. The molecule has 0 aromatic heterocycles. The molecule has 1 atom stereocenters. The van der Waals surface area contributed by atoms with Crippen LogP contribution >= 0.6 is 0 Å². The Kier molecular flexibility index (Phi) is 5.45. The molecule has 1 aliphatic rings. The lowest BCUT2D eigenvalue weighted by Crippen LogP contribution is -2.31. The van der Waals surface area contributed by atoms with Gasteiger partial charge in [-0.3, -0.25) is 0 Å². The Bertz CT molecular complexity index is 799. The predicted octanol–water partition coefficient (Wildman–Crippen LogP) is 3.25. The number of benzene rings is 2. The average Bonchev–Trinajstić information content (AvgIpc) is 3.05. The average molecular weight is 359 g/mol. The van der Waals surface area contributed by atoms with Crippen molar-refractivity contribution in [1.29, 1.82) is 0 Å². The monoisotopic (exact) mass is 358 g/mol. The maximum absolute atomic E-state index is 12.3. The van der Waals surface area contributed by atoms with Crippen molar-refractivity contribution in [2.75, 3.05) is 24.5 Å². The first-order valence-corrected chi connectivity index (χ1v) is 10.4. The zero-order chi connectivity index (χ0) is 17.9. The van der Waals surface area contributed by atoms with Crippen LogP contribution in [0.25, 0.3) is 0 Å². The number of sulfonamides is 1. The summed E-state index contributed by atoms with van der Waals surface area (Å²) in [6.07, 6.45) is 1.01. The molecule has 3 rings (SSSR count). The zero-order valence-electron chi connectivity index (χ0n) is 14.9. The summed E-state index contributed by atoms with van der Waals surface area (Å²) in [6, 6.07) is 16.2. The Morgan fingerprint density at radius 1 is 1.00 bits per heavy atom. The van der Waals surface area contributed by atoms with E-state index in [1.165, 1.54) is 11.3 Å². The van der Waals surface area contributed by atoms with E-state index in [1.54, 1.807) is 0 Å². The SMILES string of the molecule is Cc1ccc(CS(=O)(=O)NCC2CCN(c3ccc(C)cc3)C2)cc1. The van der Waals surface area contributed by atoms with Crippen LogP contribution in [0.2, 0.25) is 0 Å². The highest BCUT2D eigenvalue weighted by molar-refractivity contribution is 7.88. The maximum Gasteiger partial charge on any atom is 0.215 e. The van der Waals surface area contributed by atoms with Gasteiger partial charge in [-0.2, -0.15) is 0 Å². The van der Waals surface area contributed by atoms with Crippen LogP contribution in [0.15, 0.2) is 48.5 Å². The molecule has 1 aliphatic heterocycles. The maximum atomic E-state index is 12.3. The number of hydrogen-bond donors (Lipinski definition) is 1. The van der Waals surface area contributed by atoms with E-state index in [-0.39, 0.29) is 5.75 Å². The molecule has 1 unspecified atom stereocenters. The molecular formula is C20H26N2O2S. The second-order valence-corrected chi connectivity index (χ2v) is 8.84. The number of rotatable bonds is 6. The number of anilines is 1. The second-order valence-electron chi connectivity index (χ2n) is 7.03. The second kappa shape index (κ2) is 7.58. The molecule has 0 amide bonds. The molecule has 2 aromatic carbocycles. The molecule has 0 aliphatic carbocycles. The van der Waals surface area contributed by atoms with Gasteiger partial charge in [0.15, 0.2) is 0 Å². The van der Waals surface area contributed by atoms with Crippen LogP contribution in [-0.2, 0) is 15.8 Å². The van der Waals surface area contributed by atoms with E-state index in [1.807, 2.05) is 31.2 Å². The summed E-state index contributed by atoms with van der Waals surface area (Å²) in [5, 5.41) is 0. The summed E-state index contributed by atoms with van der Waals surface area (Å²) in [4.78, 5) is 2.33. The fourth-order valence-corrected chi connectivity index (χ4v) is 4.41.